The van der Waals surface area contributed by atoms with Crippen molar-refractivity contribution in [1.82, 2.24) is 0 Å². The molecule has 1 aliphatic heterocycles. The maximum absolute atomic E-state index is 12.3. The highest BCUT2D eigenvalue weighted by Gasteiger charge is 2.61. The molecule has 1 saturated heterocycles. The molecule has 3 atom stereocenters. The van der Waals surface area contributed by atoms with E-state index in [4.69, 9.17) is 14.2 Å². The number of esters is 2. The van der Waals surface area contributed by atoms with Crippen LogP contribution in [0.25, 0.3) is 0 Å². The molecule has 2 aliphatic rings. The van der Waals surface area contributed by atoms with E-state index in [0.717, 1.165) is 5.57 Å². The van der Waals surface area contributed by atoms with Crippen molar-refractivity contribution < 1.29 is 28.7 Å². The summed E-state index contributed by atoms with van der Waals surface area (Å²) in [5, 5.41) is 10.7. The van der Waals surface area contributed by atoms with Crippen LogP contribution in [-0.2, 0) is 19.0 Å². The van der Waals surface area contributed by atoms with Crippen LogP contribution >= 0.6 is 0 Å². The average Bonchev–Trinajstić information content (AvgIpc) is 3.30. The molecular weight excluding hydrogens is 342 g/mol. The molecule has 0 bridgehead atoms. The number of hydrogen-bond acceptors (Lipinski definition) is 7. The Balaban J connectivity index is 1.60. The van der Waals surface area contributed by atoms with E-state index in [9.17, 15) is 19.7 Å². The third-order valence-corrected chi connectivity index (χ3v) is 4.74. The number of carbonyl (C=O) groups is 2. The van der Waals surface area contributed by atoms with Gasteiger partial charge in [-0.25, -0.2) is 4.79 Å². The molecular formula is C18H19NO7. The Kier molecular flexibility index (Phi) is 4.78. The summed E-state index contributed by atoms with van der Waals surface area (Å²) < 4.78 is 16.3. The van der Waals surface area contributed by atoms with Crippen molar-refractivity contribution in [2.75, 3.05) is 6.61 Å². The molecule has 0 amide bonds. The first-order chi connectivity index (χ1) is 12.3. The second kappa shape index (κ2) is 6.87. The van der Waals surface area contributed by atoms with Gasteiger partial charge >= 0.3 is 11.9 Å². The number of benzene rings is 1. The highest BCUT2D eigenvalue weighted by molar-refractivity contribution is 5.89. The molecule has 1 aromatic carbocycles. The molecule has 138 valence electrons. The average molecular weight is 361 g/mol. The SMILES string of the molecule is C=C1CCC(OC(=O)c2ccc([N+](=O)[O-])cc2)C[C@]12O[C@@H]2COC(C)=O. The summed E-state index contributed by atoms with van der Waals surface area (Å²) in [5.41, 5.74) is 0.474. The van der Waals surface area contributed by atoms with Crippen molar-refractivity contribution >= 4 is 17.6 Å². The highest BCUT2D eigenvalue weighted by Crippen LogP contribution is 2.51. The first-order valence-corrected chi connectivity index (χ1v) is 8.26. The highest BCUT2D eigenvalue weighted by atomic mass is 16.6. The molecule has 3 rings (SSSR count). The van der Waals surface area contributed by atoms with Crippen LogP contribution in [0, 0.1) is 10.1 Å². The topological polar surface area (TPSA) is 108 Å². The van der Waals surface area contributed by atoms with Gasteiger partial charge in [0.25, 0.3) is 5.69 Å². The Hall–Kier alpha value is -2.74. The van der Waals surface area contributed by atoms with Crippen LogP contribution in [0.3, 0.4) is 0 Å². The molecule has 0 N–H and O–H groups in total. The maximum Gasteiger partial charge on any atom is 0.338 e. The van der Waals surface area contributed by atoms with Gasteiger partial charge in [0, 0.05) is 25.5 Å². The first kappa shape index (κ1) is 18.1. The Morgan fingerprint density at radius 3 is 2.69 bits per heavy atom. The summed E-state index contributed by atoms with van der Waals surface area (Å²) in [6.45, 7) is 5.52. The summed E-state index contributed by atoms with van der Waals surface area (Å²) in [6, 6.07) is 5.27. The van der Waals surface area contributed by atoms with Crippen LogP contribution in [-0.4, -0.2) is 41.3 Å². The van der Waals surface area contributed by atoms with Crippen molar-refractivity contribution in [2.24, 2.45) is 0 Å². The van der Waals surface area contributed by atoms with Gasteiger partial charge in [0.05, 0.1) is 10.5 Å². The minimum Gasteiger partial charge on any atom is -0.463 e. The number of nitro benzene ring substituents is 1. The fourth-order valence-corrected chi connectivity index (χ4v) is 3.24. The quantitative estimate of drug-likeness (QED) is 0.261. The summed E-state index contributed by atoms with van der Waals surface area (Å²) in [6.07, 6.45) is 1.11. The van der Waals surface area contributed by atoms with E-state index in [0.29, 0.717) is 19.3 Å². The fourth-order valence-electron chi connectivity index (χ4n) is 3.24. The zero-order valence-corrected chi connectivity index (χ0v) is 14.3. The predicted molar refractivity (Wildman–Crippen MR) is 89.5 cm³/mol. The molecule has 1 heterocycles. The molecule has 1 aliphatic carbocycles. The molecule has 1 unspecified atom stereocenters. The summed E-state index contributed by atoms with van der Waals surface area (Å²) in [7, 11) is 0. The number of nitro groups is 1. The zero-order chi connectivity index (χ0) is 18.9. The number of nitrogens with zero attached hydrogens (tertiary/aromatic N) is 1. The van der Waals surface area contributed by atoms with Gasteiger partial charge in [-0.1, -0.05) is 6.58 Å². The van der Waals surface area contributed by atoms with Crippen molar-refractivity contribution in [3.63, 3.8) is 0 Å². The molecule has 8 heteroatoms. The van der Waals surface area contributed by atoms with E-state index < -0.39 is 16.5 Å². The first-order valence-electron chi connectivity index (χ1n) is 8.26. The van der Waals surface area contributed by atoms with Crippen LogP contribution in [0.2, 0.25) is 0 Å². The minimum atomic E-state index is -0.603. The zero-order valence-electron chi connectivity index (χ0n) is 14.3. The van der Waals surface area contributed by atoms with Gasteiger partial charge < -0.3 is 14.2 Å². The van der Waals surface area contributed by atoms with Crippen LogP contribution in [0.15, 0.2) is 36.4 Å². The molecule has 1 spiro atoms. The Morgan fingerprint density at radius 1 is 1.38 bits per heavy atom. The molecule has 2 fully saturated rings. The number of epoxide rings is 1. The molecule has 1 aromatic rings. The summed E-state index contributed by atoms with van der Waals surface area (Å²) in [4.78, 5) is 33.4. The number of ether oxygens (including phenoxy) is 3. The monoisotopic (exact) mass is 361 g/mol. The van der Waals surface area contributed by atoms with Crippen molar-refractivity contribution in [3.8, 4) is 0 Å². The van der Waals surface area contributed by atoms with E-state index in [1.165, 1.54) is 31.2 Å². The van der Waals surface area contributed by atoms with Crippen LogP contribution < -0.4 is 0 Å². The summed E-state index contributed by atoms with van der Waals surface area (Å²) in [5.74, 6) is -0.914. The van der Waals surface area contributed by atoms with E-state index in [1.807, 2.05) is 0 Å². The lowest BCUT2D eigenvalue weighted by molar-refractivity contribution is -0.384. The number of rotatable bonds is 5. The van der Waals surface area contributed by atoms with Gasteiger partial charge in [-0.15, -0.1) is 0 Å². The van der Waals surface area contributed by atoms with E-state index in [-0.39, 0.29) is 36.0 Å². The van der Waals surface area contributed by atoms with Gasteiger partial charge in [0.1, 0.15) is 24.4 Å². The van der Waals surface area contributed by atoms with Gasteiger partial charge in [-0.05, 0) is 30.5 Å². The van der Waals surface area contributed by atoms with E-state index in [2.05, 4.69) is 6.58 Å². The number of hydrogen-bond donors (Lipinski definition) is 0. The van der Waals surface area contributed by atoms with Gasteiger partial charge in [-0.2, -0.15) is 0 Å². The lowest BCUT2D eigenvalue weighted by atomic mass is 9.81. The van der Waals surface area contributed by atoms with Crippen molar-refractivity contribution in [2.45, 2.75) is 44.0 Å². The number of non-ortho nitro benzene ring substituents is 1. The lowest BCUT2D eigenvalue weighted by Gasteiger charge is -2.29. The molecule has 1 saturated carbocycles. The largest absolute Gasteiger partial charge is 0.463 e. The smallest absolute Gasteiger partial charge is 0.338 e. The van der Waals surface area contributed by atoms with Crippen LogP contribution in [0.4, 0.5) is 5.69 Å². The maximum atomic E-state index is 12.3. The molecule has 0 radical (unpaired) electrons. The van der Waals surface area contributed by atoms with Gasteiger partial charge in [0.2, 0.25) is 0 Å². The Labute approximate surface area is 149 Å². The number of carbonyl (C=O) groups excluding carboxylic acids is 2. The van der Waals surface area contributed by atoms with Gasteiger partial charge in [0.15, 0.2) is 0 Å². The van der Waals surface area contributed by atoms with Crippen LogP contribution in [0.1, 0.15) is 36.5 Å². The second-order valence-electron chi connectivity index (χ2n) is 6.48. The third kappa shape index (κ3) is 3.60. The van der Waals surface area contributed by atoms with Gasteiger partial charge in [-0.3, -0.25) is 14.9 Å². The van der Waals surface area contributed by atoms with E-state index >= 15 is 0 Å². The minimum absolute atomic E-state index is 0.0887. The standard InChI is InChI=1S/C18H19NO7/c1-11-3-8-15(9-18(11)16(26-18)10-24-12(2)20)25-17(21)13-4-6-14(7-5-13)19(22)23/h4-7,15-16H,1,3,8-10H2,2H3/t15?,16-,18+/m1/s1. The Bertz CT molecular complexity index is 757. The summed E-state index contributed by atoms with van der Waals surface area (Å²) >= 11 is 0. The molecule has 0 aromatic heterocycles. The fraction of sp³-hybridized carbons (Fsp3) is 0.444. The van der Waals surface area contributed by atoms with E-state index in [1.54, 1.807) is 0 Å². The third-order valence-electron chi connectivity index (χ3n) is 4.74. The Morgan fingerprint density at radius 2 is 2.08 bits per heavy atom. The van der Waals surface area contributed by atoms with Crippen molar-refractivity contribution in [1.29, 1.82) is 0 Å². The predicted octanol–water partition coefficient (Wildman–Crippen LogP) is 2.56. The van der Waals surface area contributed by atoms with Crippen LogP contribution in [0.5, 0.6) is 0 Å². The lowest BCUT2D eigenvalue weighted by Crippen LogP contribution is -2.34. The normalized spacial score (nSPS) is 27.0. The van der Waals surface area contributed by atoms with Crippen molar-refractivity contribution in [3.05, 3.63) is 52.1 Å². The second-order valence-corrected chi connectivity index (χ2v) is 6.48. The molecule has 8 nitrogen and oxygen atoms in total. The molecule has 26 heavy (non-hydrogen) atoms.